The average molecular weight is 328 g/mol. The van der Waals surface area contributed by atoms with Crippen LogP contribution in [0.15, 0.2) is 34.9 Å². The van der Waals surface area contributed by atoms with Gasteiger partial charge in [-0.2, -0.15) is 5.10 Å². The Morgan fingerprint density at radius 3 is 2.94 bits per heavy atom. The molecular formula is C13H12BrClN2O. The van der Waals surface area contributed by atoms with Crippen LogP contribution >= 0.6 is 27.5 Å². The molecule has 0 atom stereocenters. The third-order valence-corrected chi connectivity index (χ3v) is 3.88. The normalized spacial score (nSPS) is 10.6. The second kappa shape index (κ2) is 5.67. The Kier molecular flexibility index (Phi) is 4.19. The molecule has 0 aliphatic rings. The predicted molar refractivity (Wildman–Crippen MR) is 75.1 cm³/mol. The lowest BCUT2D eigenvalue weighted by molar-refractivity contribution is 0.102. The fraction of sp³-hybridized carbons (Fsp3) is 0.231. The largest absolute Gasteiger partial charge is 0.287 e. The topological polar surface area (TPSA) is 34.9 Å². The molecule has 2 rings (SSSR count). The molecule has 0 saturated heterocycles. The molecule has 0 radical (unpaired) electrons. The van der Waals surface area contributed by atoms with Crippen molar-refractivity contribution < 1.29 is 4.79 Å². The van der Waals surface area contributed by atoms with Gasteiger partial charge in [-0.05, 0) is 40.5 Å². The Balaban J connectivity index is 2.42. The number of rotatable bonds is 4. The quantitative estimate of drug-likeness (QED) is 0.797. The third-order valence-electron chi connectivity index (χ3n) is 2.58. The third kappa shape index (κ3) is 2.49. The van der Waals surface area contributed by atoms with E-state index in [9.17, 15) is 4.79 Å². The molecule has 3 nitrogen and oxygen atoms in total. The lowest BCUT2D eigenvalue weighted by Crippen LogP contribution is -2.12. The molecule has 0 bridgehead atoms. The summed E-state index contributed by atoms with van der Waals surface area (Å²) in [6.45, 7) is 2.77. The van der Waals surface area contributed by atoms with E-state index in [1.807, 2.05) is 13.0 Å². The van der Waals surface area contributed by atoms with E-state index in [0.29, 0.717) is 16.3 Å². The van der Waals surface area contributed by atoms with Gasteiger partial charge in [0.15, 0.2) is 0 Å². The molecule has 1 aromatic carbocycles. The molecule has 2 aromatic rings. The van der Waals surface area contributed by atoms with Crippen LogP contribution in [0.25, 0.3) is 0 Å². The lowest BCUT2D eigenvalue weighted by Gasteiger charge is -2.07. The van der Waals surface area contributed by atoms with Crippen LogP contribution in [0, 0.1) is 0 Å². The van der Waals surface area contributed by atoms with Gasteiger partial charge in [0.25, 0.3) is 0 Å². The van der Waals surface area contributed by atoms with E-state index in [2.05, 4.69) is 21.0 Å². The van der Waals surface area contributed by atoms with Gasteiger partial charge in [-0.25, -0.2) is 0 Å². The predicted octanol–water partition coefficient (Wildman–Crippen LogP) is 3.94. The molecule has 0 saturated carbocycles. The number of halogens is 2. The molecule has 1 aromatic heterocycles. The van der Waals surface area contributed by atoms with Crippen LogP contribution in [0.3, 0.4) is 0 Å². The Morgan fingerprint density at radius 2 is 2.22 bits per heavy atom. The van der Waals surface area contributed by atoms with Gasteiger partial charge in [-0.1, -0.05) is 24.6 Å². The van der Waals surface area contributed by atoms with Crippen molar-refractivity contribution in [3.05, 3.63) is 51.2 Å². The Labute approximate surface area is 119 Å². The van der Waals surface area contributed by atoms with E-state index in [1.54, 1.807) is 29.1 Å². The summed E-state index contributed by atoms with van der Waals surface area (Å²) in [7, 11) is 0. The smallest absolute Gasteiger partial charge is 0.212 e. The lowest BCUT2D eigenvalue weighted by atomic mass is 10.1. The van der Waals surface area contributed by atoms with Gasteiger partial charge in [0, 0.05) is 22.8 Å². The van der Waals surface area contributed by atoms with Crippen molar-refractivity contribution in [2.24, 2.45) is 0 Å². The number of benzene rings is 1. The monoisotopic (exact) mass is 326 g/mol. The van der Waals surface area contributed by atoms with E-state index in [0.717, 1.165) is 17.4 Å². The number of nitrogens with zero attached hydrogens (tertiary/aromatic N) is 2. The maximum absolute atomic E-state index is 12.4. The summed E-state index contributed by atoms with van der Waals surface area (Å²) in [5.74, 6) is -0.104. The highest BCUT2D eigenvalue weighted by atomic mass is 79.9. The Hall–Kier alpha value is -1.13. The highest BCUT2D eigenvalue weighted by Gasteiger charge is 2.17. The van der Waals surface area contributed by atoms with Crippen LogP contribution in [0.4, 0.5) is 0 Å². The van der Waals surface area contributed by atoms with Crippen molar-refractivity contribution in [1.29, 1.82) is 0 Å². The van der Waals surface area contributed by atoms with Crippen LogP contribution in [-0.4, -0.2) is 15.6 Å². The zero-order valence-corrected chi connectivity index (χ0v) is 12.2. The molecule has 5 heteroatoms. The van der Waals surface area contributed by atoms with Crippen LogP contribution in [0.5, 0.6) is 0 Å². The fourth-order valence-electron chi connectivity index (χ4n) is 1.73. The van der Waals surface area contributed by atoms with Gasteiger partial charge >= 0.3 is 0 Å². The number of carbonyl (C=O) groups is 1. The van der Waals surface area contributed by atoms with Crippen LogP contribution < -0.4 is 0 Å². The summed E-state index contributed by atoms with van der Waals surface area (Å²) in [6, 6.07) is 7.04. The number of aryl methyl sites for hydroxylation is 1. The molecule has 0 N–H and O–H groups in total. The van der Waals surface area contributed by atoms with E-state index in [1.165, 1.54) is 0 Å². The molecule has 1 heterocycles. The zero-order chi connectivity index (χ0) is 13.1. The van der Waals surface area contributed by atoms with E-state index < -0.39 is 0 Å². The number of carbonyl (C=O) groups excluding carboxylic acids is 1. The van der Waals surface area contributed by atoms with Crippen molar-refractivity contribution in [3.8, 4) is 0 Å². The minimum absolute atomic E-state index is 0.104. The second-order valence-electron chi connectivity index (χ2n) is 3.87. The van der Waals surface area contributed by atoms with Crippen LogP contribution in [0.2, 0.25) is 5.02 Å². The van der Waals surface area contributed by atoms with E-state index >= 15 is 0 Å². The van der Waals surface area contributed by atoms with Gasteiger partial charge in [-0.3, -0.25) is 9.48 Å². The van der Waals surface area contributed by atoms with Gasteiger partial charge < -0.3 is 0 Å². The molecule has 18 heavy (non-hydrogen) atoms. The number of aromatic nitrogens is 2. The van der Waals surface area contributed by atoms with Crippen molar-refractivity contribution in [3.63, 3.8) is 0 Å². The summed E-state index contributed by atoms with van der Waals surface area (Å²) >= 11 is 9.46. The molecular weight excluding hydrogens is 316 g/mol. The van der Waals surface area contributed by atoms with Gasteiger partial charge in [0.05, 0.1) is 5.02 Å². The second-order valence-corrected chi connectivity index (χ2v) is 5.10. The first-order valence-corrected chi connectivity index (χ1v) is 6.82. The molecule has 0 unspecified atom stereocenters. The Morgan fingerprint density at radius 1 is 1.44 bits per heavy atom. The number of hydrogen-bond donors (Lipinski definition) is 0. The standard InChI is InChI=1S/C13H12BrClN2O/c1-2-8-17-11(6-7-16-17)13(18)9-4-3-5-10(14)12(9)15/h3-7H,2,8H2,1H3. The first-order chi connectivity index (χ1) is 8.65. The summed E-state index contributed by atoms with van der Waals surface area (Å²) < 4.78 is 2.43. The first-order valence-electron chi connectivity index (χ1n) is 5.65. The summed E-state index contributed by atoms with van der Waals surface area (Å²) in [6.07, 6.45) is 2.56. The SMILES string of the molecule is CCCn1nccc1C(=O)c1cccc(Br)c1Cl. The van der Waals surface area contributed by atoms with Crippen molar-refractivity contribution in [1.82, 2.24) is 9.78 Å². The molecule has 0 fully saturated rings. The maximum atomic E-state index is 12.4. The summed E-state index contributed by atoms with van der Waals surface area (Å²) in [5, 5.41) is 4.58. The number of hydrogen-bond acceptors (Lipinski definition) is 2. The molecule has 94 valence electrons. The molecule has 0 spiro atoms. The van der Waals surface area contributed by atoms with Crippen molar-refractivity contribution in [2.45, 2.75) is 19.9 Å². The van der Waals surface area contributed by atoms with Gasteiger partial charge in [-0.15, -0.1) is 0 Å². The summed E-state index contributed by atoms with van der Waals surface area (Å²) in [4.78, 5) is 12.4. The van der Waals surface area contributed by atoms with Gasteiger partial charge in [0.1, 0.15) is 5.69 Å². The van der Waals surface area contributed by atoms with Crippen LogP contribution in [0.1, 0.15) is 29.4 Å². The van der Waals surface area contributed by atoms with E-state index in [-0.39, 0.29) is 5.78 Å². The van der Waals surface area contributed by atoms with Crippen LogP contribution in [-0.2, 0) is 6.54 Å². The van der Waals surface area contributed by atoms with Crippen molar-refractivity contribution in [2.75, 3.05) is 0 Å². The van der Waals surface area contributed by atoms with Gasteiger partial charge in [0.2, 0.25) is 5.78 Å². The summed E-state index contributed by atoms with van der Waals surface area (Å²) in [5.41, 5.74) is 1.06. The molecule has 0 aliphatic heterocycles. The molecule has 0 aliphatic carbocycles. The molecule has 0 amide bonds. The van der Waals surface area contributed by atoms with E-state index in [4.69, 9.17) is 11.6 Å². The average Bonchev–Trinajstić information content (AvgIpc) is 2.80. The number of ketones is 1. The highest BCUT2D eigenvalue weighted by molar-refractivity contribution is 9.10. The minimum Gasteiger partial charge on any atom is -0.287 e. The maximum Gasteiger partial charge on any atom is 0.212 e. The Bertz CT molecular complexity index is 580. The fourth-order valence-corrected chi connectivity index (χ4v) is 2.31. The minimum atomic E-state index is -0.104. The highest BCUT2D eigenvalue weighted by Crippen LogP contribution is 2.27. The van der Waals surface area contributed by atoms with Crippen molar-refractivity contribution >= 4 is 33.3 Å². The zero-order valence-electron chi connectivity index (χ0n) is 9.86. The first kappa shape index (κ1) is 13.3.